The van der Waals surface area contributed by atoms with Crippen molar-refractivity contribution in [1.82, 2.24) is 0 Å². The number of nitrogens with zero attached hydrogens (tertiary/aromatic N) is 1. The van der Waals surface area contributed by atoms with E-state index in [1.54, 1.807) is 0 Å². The number of carbonyl (C=O) groups excluding carboxylic acids is 2. The Labute approximate surface area is 111 Å². The minimum Gasteiger partial charge on any atom is -0.422 e. The first-order chi connectivity index (χ1) is 8.62. The van der Waals surface area contributed by atoms with Gasteiger partial charge in [-0.05, 0) is 12.3 Å². The summed E-state index contributed by atoms with van der Waals surface area (Å²) in [4.78, 5) is 33.9. The third-order valence-corrected chi connectivity index (χ3v) is 2.83. The Morgan fingerprint density at radius 1 is 1.26 bits per heavy atom. The van der Waals surface area contributed by atoms with Crippen molar-refractivity contribution in [2.45, 2.75) is 39.9 Å². The van der Waals surface area contributed by atoms with Crippen molar-refractivity contribution in [3.05, 3.63) is 10.1 Å². The van der Waals surface area contributed by atoms with Crippen LogP contribution in [0.1, 0.15) is 34.1 Å². The fourth-order valence-corrected chi connectivity index (χ4v) is 2.23. The van der Waals surface area contributed by atoms with E-state index in [4.69, 9.17) is 9.47 Å². The molecule has 19 heavy (non-hydrogen) atoms. The zero-order chi connectivity index (χ0) is 14.8. The fraction of sp³-hybridized carbons (Fsp3) is 0.833. The number of nitro groups is 1. The van der Waals surface area contributed by atoms with Gasteiger partial charge in [-0.15, -0.1) is 0 Å². The molecule has 0 aromatic rings. The third kappa shape index (κ3) is 4.18. The molecule has 0 aromatic heterocycles. The molecule has 1 atom stereocenters. The van der Waals surface area contributed by atoms with Crippen molar-refractivity contribution in [3.63, 3.8) is 0 Å². The molecule has 7 nitrogen and oxygen atoms in total. The molecule has 1 unspecified atom stereocenters. The van der Waals surface area contributed by atoms with Gasteiger partial charge in [-0.25, -0.2) is 0 Å². The first-order valence-electron chi connectivity index (χ1n) is 6.20. The van der Waals surface area contributed by atoms with E-state index in [-0.39, 0.29) is 5.92 Å². The normalized spacial score (nSPS) is 20.9. The van der Waals surface area contributed by atoms with Crippen molar-refractivity contribution >= 4 is 11.9 Å². The number of rotatable bonds is 5. The summed E-state index contributed by atoms with van der Waals surface area (Å²) < 4.78 is 9.99. The van der Waals surface area contributed by atoms with Crippen LogP contribution in [0.25, 0.3) is 0 Å². The zero-order valence-electron chi connectivity index (χ0n) is 11.5. The molecule has 0 spiro atoms. The number of ether oxygens (including phenoxy) is 2. The molecule has 0 saturated carbocycles. The van der Waals surface area contributed by atoms with E-state index >= 15 is 0 Å². The van der Waals surface area contributed by atoms with Gasteiger partial charge >= 0.3 is 11.9 Å². The maximum atomic E-state index is 11.9. The highest BCUT2D eigenvalue weighted by molar-refractivity contribution is 5.97. The van der Waals surface area contributed by atoms with Crippen LogP contribution < -0.4 is 0 Å². The molecular formula is C12H19NO6. The minimum absolute atomic E-state index is 0.125. The van der Waals surface area contributed by atoms with Crippen molar-refractivity contribution in [3.8, 4) is 0 Å². The maximum absolute atomic E-state index is 11.9. The van der Waals surface area contributed by atoms with Crippen LogP contribution in [0.5, 0.6) is 0 Å². The summed E-state index contributed by atoms with van der Waals surface area (Å²) in [5.41, 5.74) is 0. The van der Waals surface area contributed by atoms with E-state index in [9.17, 15) is 19.7 Å². The largest absolute Gasteiger partial charge is 0.422 e. The Morgan fingerprint density at radius 2 is 1.74 bits per heavy atom. The fourth-order valence-electron chi connectivity index (χ4n) is 2.23. The Kier molecular flexibility index (Phi) is 4.49. The standard InChI is InChI=1S/C12H19NO6/c1-7(2)5-8(6-13(16)17)9-10(14)18-12(3,4)19-11(9)15/h7-9H,5-6H2,1-4H3. The van der Waals surface area contributed by atoms with E-state index in [0.29, 0.717) is 6.42 Å². The van der Waals surface area contributed by atoms with E-state index in [1.807, 2.05) is 13.8 Å². The van der Waals surface area contributed by atoms with Crippen molar-refractivity contribution in [2.75, 3.05) is 6.54 Å². The topological polar surface area (TPSA) is 95.7 Å². The van der Waals surface area contributed by atoms with E-state index in [1.165, 1.54) is 13.8 Å². The van der Waals surface area contributed by atoms with Gasteiger partial charge in [0.15, 0.2) is 5.92 Å². The Balaban J connectivity index is 2.91. The quantitative estimate of drug-likeness (QED) is 0.325. The maximum Gasteiger partial charge on any atom is 0.324 e. The smallest absolute Gasteiger partial charge is 0.324 e. The molecule has 108 valence electrons. The lowest BCUT2D eigenvalue weighted by Crippen LogP contribution is -2.50. The van der Waals surface area contributed by atoms with Crippen LogP contribution in [-0.4, -0.2) is 29.2 Å². The van der Waals surface area contributed by atoms with Gasteiger partial charge in [-0.1, -0.05) is 13.8 Å². The molecule has 0 radical (unpaired) electrons. The highest BCUT2D eigenvalue weighted by Gasteiger charge is 2.48. The van der Waals surface area contributed by atoms with Crippen molar-refractivity contribution < 1.29 is 24.0 Å². The van der Waals surface area contributed by atoms with Crippen LogP contribution in [0, 0.1) is 27.9 Å². The second-order valence-corrected chi connectivity index (χ2v) is 5.62. The Morgan fingerprint density at radius 3 is 2.11 bits per heavy atom. The van der Waals surface area contributed by atoms with Crippen molar-refractivity contribution in [1.29, 1.82) is 0 Å². The molecule has 0 amide bonds. The molecule has 1 rings (SSSR count). The van der Waals surface area contributed by atoms with E-state index in [0.717, 1.165) is 0 Å². The summed E-state index contributed by atoms with van der Waals surface area (Å²) in [5.74, 6) is -4.57. The summed E-state index contributed by atoms with van der Waals surface area (Å²) in [6.07, 6.45) is 0.385. The molecule has 0 bridgehead atoms. The number of esters is 2. The van der Waals surface area contributed by atoms with Gasteiger partial charge in [-0.2, -0.15) is 0 Å². The first-order valence-corrected chi connectivity index (χ1v) is 6.20. The zero-order valence-corrected chi connectivity index (χ0v) is 11.5. The molecule has 0 aromatic carbocycles. The highest BCUT2D eigenvalue weighted by atomic mass is 16.7. The molecule has 0 N–H and O–H groups in total. The first kappa shape index (κ1) is 15.4. The van der Waals surface area contributed by atoms with Gasteiger partial charge in [-0.3, -0.25) is 19.7 Å². The van der Waals surface area contributed by atoms with Crippen molar-refractivity contribution in [2.24, 2.45) is 17.8 Å². The minimum atomic E-state index is -1.30. The van der Waals surface area contributed by atoms with E-state index in [2.05, 4.69) is 0 Å². The average Bonchev–Trinajstić information content (AvgIpc) is 2.10. The van der Waals surface area contributed by atoms with Crippen LogP contribution >= 0.6 is 0 Å². The summed E-state index contributed by atoms with van der Waals surface area (Å²) in [5, 5.41) is 10.7. The molecule has 7 heteroatoms. The number of hydrogen-bond donors (Lipinski definition) is 0. The van der Waals surface area contributed by atoms with Gasteiger partial charge in [0.25, 0.3) is 5.79 Å². The molecular weight excluding hydrogens is 254 g/mol. The molecule has 1 saturated heterocycles. The number of hydrogen-bond acceptors (Lipinski definition) is 6. The SMILES string of the molecule is CC(C)CC(C[N+](=O)[O-])C1C(=O)OC(C)(C)OC1=O. The lowest BCUT2D eigenvalue weighted by Gasteiger charge is -2.35. The van der Waals surface area contributed by atoms with Gasteiger partial charge in [0.1, 0.15) is 0 Å². The lowest BCUT2D eigenvalue weighted by molar-refractivity contribution is -0.490. The van der Waals surface area contributed by atoms with Crippen LogP contribution in [0.15, 0.2) is 0 Å². The number of cyclic esters (lactones) is 2. The van der Waals surface area contributed by atoms with Gasteiger partial charge < -0.3 is 9.47 Å². The summed E-state index contributed by atoms with van der Waals surface area (Å²) in [6.45, 7) is 6.19. The van der Waals surface area contributed by atoms with Crippen LogP contribution in [0.4, 0.5) is 0 Å². The second kappa shape index (κ2) is 5.54. The van der Waals surface area contributed by atoms with Crippen LogP contribution in [0.3, 0.4) is 0 Å². The molecule has 1 heterocycles. The lowest BCUT2D eigenvalue weighted by atomic mass is 9.84. The van der Waals surface area contributed by atoms with Gasteiger partial charge in [0.2, 0.25) is 6.54 Å². The highest BCUT2D eigenvalue weighted by Crippen LogP contribution is 2.31. The van der Waals surface area contributed by atoms with Crippen LogP contribution in [-0.2, 0) is 19.1 Å². The Bertz CT molecular complexity index is 370. The van der Waals surface area contributed by atoms with Gasteiger partial charge in [0.05, 0.1) is 0 Å². The monoisotopic (exact) mass is 273 g/mol. The molecule has 1 fully saturated rings. The summed E-state index contributed by atoms with van der Waals surface area (Å²) in [7, 11) is 0. The molecule has 1 aliphatic heterocycles. The summed E-state index contributed by atoms with van der Waals surface area (Å²) >= 11 is 0. The van der Waals surface area contributed by atoms with Crippen LogP contribution in [0.2, 0.25) is 0 Å². The van der Waals surface area contributed by atoms with E-state index < -0.39 is 41.0 Å². The third-order valence-electron chi connectivity index (χ3n) is 2.83. The average molecular weight is 273 g/mol. The summed E-state index contributed by atoms with van der Waals surface area (Å²) in [6, 6.07) is 0. The van der Waals surface area contributed by atoms with Gasteiger partial charge in [0, 0.05) is 24.7 Å². The predicted octanol–water partition coefficient (Wildman–Crippen LogP) is 1.38. The molecule has 0 aliphatic carbocycles. The molecule has 1 aliphatic rings. The number of carbonyl (C=O) groups is 2. The predicted molar refractivity (Wildman–Crippen MR) is 64.6 cm³/mol. The second-order valence-electron chi connectivity index (χ2n) is 5.62. The Hall–Kier alpha value is -1.66.